The first-order chi connectivity index (χ1) is 13.9. The maximum absolute atomic E-state index is 12.6. The van der Waals surface area contributed by atoms with Gasteiger partial charge in [0.15, 0.2) is 0 Å². The van der Waals surface area contributed by atoms with Crippen molar-refractivity contribution in [1.29, 1.82) is 0 Å². The van der Waals surface area contributed by atoms with Gasteiger partial charge in [0.1, 0.15) is 0 Å². The van der Waals surface area contributed by atoms with Crippen LogP contribution in [0.3, 0.4) is 0 Å². The number of nitrogens with one attached hydrogen (secondary N) is 1. The molecule has 1 aromatic carbocycles. The zero-order valence-corrected chi connectivity index (χ0v) is 16.0. The molecule has 3 aromatic rings. The first-order valence-electron chi connectivity index (χ1n) is 8.99. The monoisotopic (exact) mass is 422 g/mol. The summed E-state index contributed by atoms with van der Waals surface area (Å²) in [5.74, 6) is 1.13. The average Bonchev–Trinajstić information content (AvgIpc) is 3.39. The molecule has 1 aliphatic rings. The van der Waals surface area contributed by atoms with Gasteiger partial charge in [-0.3, -0.25) is 0 Å². The van der Waals surface area contributed by atoms with Gasteiger partial charge in [0.05, 0.1) is 5.56 Å². The number of benzene rings is 1. The van der Waals surface area contributed by atoms with E-state index in [4.69, 9.17) is 4.42 Å². The van der Waals surface area contributed by atoms with Crippen LogP contribution >= 0.6 is 11.3 Å². The van der Waals surface area contributed by atoms with Crippen molar-refractivity contribution in [3.63, 3.8) is 0 Å². The lowest BCUT2D eigenvalue weighted by molar-refractivity contribution is -0.137. The number of carbonyl (C=O) groups is 1. The maximum atomic E-state index is 12.6. The summed E-state index contributed by atoms with van der Waals surface area (Å²) in [5, 5.41) is 14.7. The Bertz CT molecular complexity index is 962. The molecule has 0 aliphatic carbocycles. The molecule has 0 bridgehead atoms. The van der Waals surface area contributed by atoms with Crippen molar-refractivity contribution in [2.24, 2.45) is 0 Å². The van der Waals surface area contributed by atoms with Crippen molar-refractivity contribution >= 4 is 23.1 Å². The van der Waals surface area contributed by atoms with E-state index in [1.807, 2.05) is 16.8 Å². The van der Waals surface area contributed by atoms with Crippen LogP contribution in [0, 0.1) is 0 Å². The highest BCUT2D eigenvalue weighted by Crippen LogP contribution is 2.31. The quantitative estimate of drug-likeness (QED) is 0.628. The van der Waals surface area contributed by atoms with Crippen LogP contribution in [0.15, 0.2) is 45.5 Å². The Labute approximate surface area is 168 Å². The minimum atomic E-state index is -4.40. The van der Waals surface area contributed by atoms with Gasteiger partial charge in [-0.15, -0.1) is 10.2 Å². The highest BCUT2D eigenvalue weighted by molar-refractivity contribution is 7.08. The van der Waals surface area contributed by atoms with Gasteiger partial charge in [-0.1, -0.05) is 0 Å². The number of anilines is 1. The van der Waals surface area contributed by atoms with E-state index >= 15 is 0 Å². The van der Waals surface area contributed by atoms with Crippen molar-refractivity contribution in [3.8, 4) is 11.5 Å². The minimum absolute atomic E-state index is 0.0741. The number of piperidine rings is 1. The van der Waals surface area contributed by atoms with E-state index < -0.39 is 11.7 Å². The second-order valence-electron chi connectivity index (χ2n) is 6.72. The molecule has 1 fully saturated rings. The molecule has 0 spiro atoms. The number of nitrogens with zero attached hydrogens (tertiary/aromatic N) is 3. The molecular formula is C19H17F3N4O2S. The molecule has 0 atom stereocenters. The van der Waals surface area contributed by atoms with Crippen LogP contribution in [0.4, 0.5) is 23.7 Å². The number of hydrogen-bond donors (Lipinski definition) is 1. The van der Waals surface area contributed by atoms with Gasteiger partial charge in [0, 0.05) is 35.6 Å². The lowest BCUT2D eigenvalue weighted by Gasteiger charge is -2.30. The van der Waals surface area contributed by atoms with E-state index in [9.17, 15) is 18.0 Å². The maximum Gasteiger partial charge on any atom is 0.416 e. The first-order valence-corrected chi connectivity index (χ1v) is 9.93. The summed E-state index contributed by atoms with van der Waals surface area (Å²) >= 11 is 1.55. The zero-order chi connectivity index (χ0) is 20.4. The van der Waals surface area contributed by atoms with Gasteiger partial charge in [-0.2, -0.15) is 24.5 Å². The summed E-state index contributed by atoms with van der Waals surface area (Å²) in [6, 6.07) is 5.96. The molecule has 1 N–H and O–H groups in total. The molecule has 0 saturated carbocycles. The number of rotatable bonds is 3. The molecule has 2 aromatic heterocycles. The van der Waals surface area contributed by atoms with Crippen molar-refractivity contribution in [2.75, 3.05) is 18.4 Å². The predicted molar refractivity (Wildman–Crippen MR) is 102 cm³/mol. The number of halogens is 3. The van der Waals surface area contributed by atoms with E-state index in [0.717, 1.165) is 17.7 Å². The normalized spacial score (nSPS) is 15.5. The number of amides is 2. The number of likely N-dealkylation sites (tertiary alicyclic amines) is 1. The van der Waals surface area contributed by atoms with Crippen LogP contribution < -0.4 is 5.32 Å². The van der Waals surface area contributed by atoms with Crippen LogP contribution in [0.5, 0.6) is 0 Å². The third kappa shape index (κ3) is 4.42. The molecule has 1 aliphatic heterocycles. The number of urea groups is 1. The van der Waals surface area contributed by atoms with Gasteiger partial charge < -0.3 is 14.6 Å². The van der Waals surface area contributed by atoms with Gasteiger partial charge in [0.25, 0.3) is 0 Å². The number of thiophene rings is 1. The Morgan fingerprint density at radius 2 is 1.86 bits per heavy atom. The van der Waals surface area contributed by atoms with E-state index in [1.165, 1.54) is 12.1 Å². The second-order valence-corrected chi connectivity index (χ2v) is 7.50. The fourth-order valence-corrected chi connectivity index (χ4v) is 3.81. The predicted octanol–water partition coefficient (Wildman–Crippen LogP) is 5.23. The van der Waals surface area contributed by atoms with Crippen LogP contribution in [-0.2, 0) is 6.18 Å². The molecule has 152 valence electrons. The van der Waals surface area contributed by atoms with Crippen molar-refractivity contribution < 1.29 is 22.4 Å². The summed E-state index contributed by atoms with van der Waals surface area (Å²) in [6.07, 6.45) is -3.06. The highest BCUT2D eigenvalue weighted by Gasteiger charge is 2.30. The summed E-state index contributed by atoms with van der Waals surface area (Å²) < 4.78 is 43.6. The Hall–Kier alpha value is -2.88. The van der Waals surface area contributed by atoms with E-state index in [1.54, 1.807) is 16.2 Å². The molecular weight excluding hydrogens is 405 g/mol. The van der Waals surface area contributed by atoms with E-state index in [0.29, 0.717) is 43.4 Å². The smallest absolute Gasteiger partial charge is 0.416 e. The summed E-state index contributed by atoms with van der Waals surface area (Å²) in [6.45, 7) is 0.987. The lowest BCUT2D eigenvalue weighted by Crippen LogP contribution is -2.40. The first kappa shape index (κ1) is 19.4. The fraction of sp³-hybridized carbons (Fsp3) is 0.316. The average molecular weight is 422 g/mol. The van der Waals surface area contributed by atoms with Gasteiger partial charge in [-0.25, -0.2) is 4.79 Å². The molecule has 0 radical (unpaired) electrons. The summed E-state index contributed by atoms with van der Waals surface area (Å²) in [7, 11) is 0. The Morgan fingerprint density at radius 3 is 2.48 bits per heavy atom. The summed E-state index contributed by atoms with van der Waals surface area (Å²) in [5.41, 5.74) is 0.460. The van der Waals surface area contributed by atoms with Crippen LogP contribution in [0.25, 0.3) is 11.5 Å². The number of aromatic nitrogens is 2. The Kier molecular flexibility index (Phi) is 5.27. The SMILES string of the molecule is O=C(Nc1ccc(C(F)(F)F)cc1)N1CCC(c2nnc(-c3ccsc3)o2)CC1. The van der Waals surface area contributed by atoms with Crippen LogP contribution in [0.1, 0.15) is 30.2 Å². The largest absolute Gasteiger partial charge is 0.420 e. The molecule has 1 saturated heterocycles. The number of hydrogen-bond acceptors (Lipinski definition) is 5. The zero-order valence-electron chi connectivity index (χ0n) is 15.1. The van der Waals surface area contributed by atoms with Crippen molar-refractivity contribution in [3.05, 3.63) is 52.5 Å². The molecule has 10 heteroatoms. The van der Waals surface area contributed by atoms with E-state index in [2.05, 4.69) is 15.5 Å². The van der Waals surface area contributed by atoms with E-state index in [-0.39, 0.29) is 11.9 Å². The molecule has 2 amide bonds. The van der Waals surface area contributed by atoms with Gasteiger partial charge in [-0.05, 0) is 48.6 Å². The third-order valence-corrected chi connectivity index (χ3v) is 5.49. The van der Waals surface area contributed by atoms with Crippen molar-refractivity contribution in [2.45, 2.75) is 24.9 Å². The highest BCUT2D eigenvalue weighted by atomic mass is 32.1. The van der Waals surface area contributed by atoms with Crippen LogP contribution in [0.2, 0.25) is 0 Å². The topological polar surface area (TPSA) is 71.3 Å². The van der Waals surface area contributed by atoms with Crippen molar-refractivity contribution in [1.82, 2.24) is 15.1 Å². The van der Waals surface area contributed by atoms with Gasteiger partial charge >= 0.3 is 12.2 Å². The Balaban J connectivity index is 1.32. The Morgan fingerprint density at radius 1 is 1.14 bits per heavy atom. The van der Waals surface area contributed by atoms with Gasteiger partial charge in [0.2, 0.25) is 11.8 Å². The molecule has 4 rings (SSSR count). The fourth-order valence-electron chi connectivity index (χ4n) is 3.18. The number of carbonyl (C=O) groups excluding carboxylic acids is 1. The lowest BCUT2D eigenvalue weighted by atomic mass is 9.97. The molecule has 0 unspecified atom stereocenters. The standard InChI is InChI=1S/C19H17F3N4O2S/c20-19(21,22)14-1-3-15(4-2-14)23-18(27)26-8-5-12(6-9-26)16-24-25-17(28-16)13-7-10-29-11-13/h1-4,7,10-12H,5-6,8-9H2,(H,23,27). The second kappa shape index (κ2) is 7.86. The third-order valence-electron chi connectivity index (χ3n) is 4.80. The minimum Gasteiger partial charge on any atom is -0.420 e. The molecule has 6 nitrogen and oxygen atoms in total. The molecule has 29 heavy (non-hydrogen) atoms. The van der Waals surface area contributed by atoms with Crippen LogP contribution in [-0.4, -0.2) is 34.2 Å². The number of alkyl halides is 3. The summed E-state index contributed by atoms with van der Waals surface area (Å²) in [4.78, 5) is 14.0. The molecule has 3 heterocycles.